The number of hydrogen-bond acceptors (Lipinski definition) is 4. The highest BCUT2D eigenvalue weighted by Gasteiger charge is 2.29. The highest BCUT2D eigenvalue weighted by molar-refractivity contribution is 5.88. The minimum atomic E-state index is -0.445. The molecule has 1 aliphatic carbocycles. The number of nitrogens with zero attached hydrogens (tertiary/aromatic N) is 1. The molecule has 1 N–H and O–H groups in total. The third kappa shape index (κ3) is 3.31. The topological polar surface area (TPSA) is 62.9 Å². The van der Waals surface area contributed by atoms with Crippen LogP contribution in [0.25, 0.3) is 11.0 Å². The summed E-state index contributed by atoms with van der Waals surface area (Å²) in [5.41, 5.74) is 4.61. The highest BCUT2D eigenvalue weighted by Crippen LogP contribution is 2.31. The number of morpholine rings is 1. The van der Waals surface area contributed by atoms with Gasteiger partial charge in [-0.15, -0.1) is 0 Å². The number of benzene rings is 1. The number of rotatable bonds is 4. The molecule has 4 rings (SSSR count). The molecule has 2 aromatic rings. The van der Waals surface area contributed by atoms with E-state index in [1.807, 2.05) is 4.90 Å². The van der Waals surface area contributed by atoms with Gasteiger partial charge in [0, 0.05) is 17.5 Å². The van der Waals surface area contributed by atoms with Crippen molar-refractivity contribution in [1.29, 1.82) is 0 Å². The molecule has 2 aliphatic rings. The Morgan fingerprint density at radius 3 is 2.96 bits per heavy atom. The van der Waals surface area contributed by atoms with E-state index in [1.54, 1.807) is 13.2 Å². The molecule has 2 atom stereocenters. The van der Waals surface area contributed by atoms with Gasteiger partial charge in [-0.1, -0.05) is 0 Å². The summed E-state index contributed by atoms with van der Waals surface area (Å²) < 4.78 is 11.2. The Kier molecular flexibility index (Phi) is 4.52. The van der Waals surface area contributed by atoms with Crippen LogP contribution in [0.3, 0.4) is 0 Å². The summed E-state index contributed by atoms with van der Waals surface area (Å²) in [7, 11) is 0. The third-order valence-corrected chi connectivity index (χ3v) is 5.37. The average Bonchev–Trinajstić information content (AvgIpc) is 3.19. The number of fused-ring (bicyclic) bond motifs is 2. The number of carbonyl (C=O) groups is 1. The van der Waals surface area contributed by atoms with E-state index in [9.17, 15) is 9.90 Å². The van der Waals surface area contributed by atoms with Crippen LogP contribution in [0.2, 0.25) is 0 Å². The van der Waals surface area contributed by atoms with Crippen LogP contribution in [-0.4, -0.2) is 47.8 Å². The van der Waals surface area contributed by atoms with E-state index in [2.05, 4.69) is 12.1 Å². The van der Waals surface area contributed by atoms with Gasteiger partial charge in [0.2, 0.25) is 5.91 Å². The number of aryl methyl sites for hydroxylation is 2. The van der Waals surface area contributed by atoms with Crippen LogP contribution in [0.15, 0.2) is 22.8 Å². The van der Waals surface area contributed by atoms with Crippen LogP contribution in [0.4, 0.5) is 0 Å². The zero-order chi connectivity index (χ0) is 17.4. The van der Waals surface area contributed by atoms with Gasteiger partial charge >= 0.3 is 0 Å². The molecule has 0 unspecified atom stereocenters. The Morgan fingerprint density at radius 2 is 2.16 bits per heavy atom. The van der Waals surface area contributed by atoms with Gasteiger partial charge in [0.25, 0.3) is 0 Å². The maximum atomic E-state index is 12.9. The number of amides is 1. The molecular formula is C20H25NO4. The van der Waals surface area contributed by atoms with E-state index in [0.29, 0.717) is 32.6 Å². The van der Waals surface area contributed by atoms with Gasteiger partial charge < -0.3 is 19.2 Å². The van der Waals surface area contributed by atoms with E-state index in [1.165, 1.54) is 17.5 Å². The van der Waals surface area contributed by atoms with E-state index < -0.39 is 6.10 Å². The lowest BCUT2D eigenvalue weighted by molar-refractivity contribution is -0.140. The van der Waals surface area contributed by atoms with E-state index in [-0.39, 0.29) is 11.9 Å². The monoisotopic (exact) mass is 343 g/mol. The van der Waals surface area contributed by atoms with Crippen molar-refractivity contribution in [2.75, 3.05) is 19.8 Å². The lowest BCUT2D eigenvalue weighted by atomic mass is 10.0. The lowest BCUT2D eigenvalue weighted by Gasteiger charge is -2.36. The Bertz CT molecular complexity index is 779. The maximum Gasteiger partial charge on any atom is 0.227 e. The molecule has 2 heterocycles. The quantitative estimate of drug-likeness (QED) is 0.926. The molecule has 0 saturated carbocycles. The van der Waals surface area contributed by atoms with Crippen LogP contribution in [-0.2, 0) is 28.8 Å². The van der Waals surface area contributed by atoms with Crippen molar-refractivity contribution in [1.82, 2.24) is 4.90 Å². The first-order chi connectivity index (χ1) is 12.1. The first-order valence-corrected chi connectivity index (χ1v) is 9.19. The first-order valence-electron chi connectivity index (χ1n) is 9.19. The van der Waals surface area contributed by atoms with Gasteiger partial charge in [0.05, 0.1) is 38.0 Å². The summed E-state index contributed by atoms with van der Waals surface area (Å²) in [6.07, 6.45) is 5.60. The van der Waals surface area contributed by atoms with E-state index in [4.69, 9.17) is 9.15 Å². The summed E-state index contributed by atoms with van der Waals surface area (Å²) in [6, 6.07) is 4.29. The van der Waals surface area contributed by atoms with Crippen molar-refractivity contribution in [3.05, 3.63) is 35.1 Å². The molecular weight excluding hydrogens is 318 g/mol. The Labute approximate surface area is 147 Å². The fraction of sp³-hybridized carbons (Fsp3) is 0.550. The number of hydrogen-bond donors (Lipinski definition) is 1. The number of ether oxygens (including phenoxy) is 1. The third-order valence-electron chi connectivity index (χ3n) is 5.37. The second-order valence-electron chi connectivity index (χ2n) is 7.31. The first kappa shape index (κ1) is 16.6. The maximum absolute atomic E-state index is 12.9. The van der Waals surface area contributed by atoms with Crippen LogP contribution in [0, 0.1) is 0 Å². The summed E-state index contributed by atoms with van der Waals surface area (Å²) in [5, 5.41) is 10.7. The molecule has 134 valence electrons. The molecule has 1 aromatic heterocycles. The SMILES string of the molecule is C[C@@H](O)C[C@@H]1COCCN1C(=O)Cc1coc2cc3c(cc12)CCC3. The fourth-order valence-corrected chi connectivity index (χ4v) is 4.12. The predicted octanol–water partition coefficient (Wildman–Crippen LogP) is 2.46. The molecule has 0 radical (unpaired) electrons. The average molecular weight is 343 g/mol. The summed E-state index contributed by atoms with van der Waals surface area (Å²) >= 11 is 0. The zero-order valence-electron chi connectivity index (χ0n) is 14.7. The van der Waals surface area contributed by atoms with Crippen molar-refractivity contribution >= 4 is 16.9 Å². The molecule has 25 heavy (non-hydrogen) atoms. The molecule has 5 heteroatoms. The molecule has 1 saturated heterocycles. The predicted molar refractivity (Wildman–Crippen MR) is 94.6 cm³/mol. The molecule has 1 amide bonds. The number of carbonyl (C=O) groups excluding carboxylic acids is 1. The molecule has 0 bridgehead atoms. The summed E-state index contributed by atoms with van der Waals surface area (Å²) in [6.45, 7) is 3.39. The van der Waals surface area contributed by atoms with Crippen LogP contribution in [0.1, 0.15) is 36.5 Å². The number of aliphatic hydroxyl groups excluding tert-OH is 1. The molecule has 1 fully saturated rings. The molecule has 1 aliphatic heterocycles. The lowest BCUT2D eigenvalue weighted by Crippen LogP contribution is -2.50. The van der Waals surface area contributed by atoms with Crippen molar-refractivity contribution < 1.29 is 19.1 Å². The smallest absolute Gasteiger partial charge is 0.227 e. The van der Waals surface area contributed by atoms with Crippen molar-refractivity contribution in [2.45, 2.75) is 51.2 Å². The van der Waals surface area contributed by atoms with Gasteiger partial charge in [-0.2, -0.15) is 0 Å². The standard InChI is InChI=1S/C20H25NO4/c1-13(22)7-17-12-24-6-5-21(17)20(23)10-16-11-25-19-9-15-4-2-3-14(15)8-18(16)19/h8-9,11,13,17,22H,2-7,10,12H2,1H3/t13-,17-/m1/s1. The second kappa shape index (κ2) is 6.81. The molecule has 0 spiro atoms. The normalized spacial score (nSPS) is 21.5. The van der Waals surface area contributed by atoms with Crippen molar-refractivity contribution in [3.63, 3.8) is 0 Å². The summed E-state index contributed by atoms with van der Waals surface area (Å²) in [4.78, 5) is 14.7. The largest absolute Gasteiger partial charge is 0.464 e. The van der Waals surface area contributed by atoms with Gasteiger partial charge in [-0.25, -0.2) is 0 Å². The second-order valence-corrected chi connectivity index (χ2v) is 7.31. The Morgan fingerprint density at radius 1 is 1.36 bits per heavy atom. The van der Waals surface area contributed by atoms with Gasteiger partial charge in [-0.3, -0.25) is 4.79 Å². The molecule has 5 nitrogen and oxygen atoms in total. The van der Waals surface area contributed by atoms with Crippen molar-refractivity contribution in [2.24, 2.45) is 0 Å². The fourth-order valence-electron chi connectivity index (χ4n) is 4.12. The number of furan rings is 1. The number of aliphatic hydroxyl groups is 1. The van der Waals surface area contributed by atoms with Crippen LogP contribution < -0.4 is 0 Å². The Balaban J connectivity index is 1.55. The van der Waals surface area contributed by atoms with E-state index >= 15 is 0 Å². The summed E-state index contributed by atoms with van der Waals surface area (Å²) in [5.74, 6) is 0.0807. The van der Waals surface area contributed by atoms with Crippen LogP contribution in [0.5, 0.6) is 0 Å². The van der Waals surface area contributed by atoms with Crippen LogP contribution >= 0.6 is 0 Å². The molecule has 1 aromatic carbocycles. The van der Waals surface area contributed by atoms with Crippen molar-refractivity contribution in [3.8, 4) is 0 Å². The Hall–Kier alpha value is -1.85. The van der Waals surface area contributed by atoms with Gasteiger partial charge in [0.1, 0.15) is 5.58 Å². The van der Waals surface area contributed by atoms with Gasteiger partial charge in [0.15, 0.2) is 0 Å². The van der Waals surface area contributed by atoms with E-state index in [0.717, 1.165) is 29.4 Å². The minimum absolute atomic E-state index is 0.0522. The van der Waals surface area contributed by atoms with Gasteiger partial charge in [-0.05, 0) is 55.9 Å². The minimum Gasteiger partial charge on any atom is -0.464 e. The zero-order valence-corrected chi connectivity index (χ0v) is 14.7. The highest BCUT2D eigenvalue weighted by atomic mass is 16.5.